The highest BCUT2D eigenvalue weighted by atomic mass is 16.7. The van der Waals surface area contributed by atoms with E-state index in [-0.39, 0.29) is 37.8 Å². The first-order valence-corrected chi connectivity index (χ1v) is 13.0. The summed E-state index contributed by atoms with van der Waals surface area (Å²) in [5, 5.41) is 19.7. The van der Waals surface area contributed by atoms with Crippen LogP contribution in [0.1, 0.15) is 49.9 Å². The van der Waals surface area contributed by atoms with E-state index in [4.69, 9.17) is 9.47 Å². The van der Waals surface area contributed by atoms with Crippen LogP contribution in [0.15, 0.2) is 36.7 Å². The van der Waals surface area contributed by atoms with Crippen LogP contribution in [0.2, 0.25) is 0 Å². The summed E-state index contributed by atoms with van der Waals surface area (Å²) in [6, 6.07) is 6.95. The molecule has 0 saturated carbocycles. The number of aryl methyl sites for hydroxylation is 1. The van der Waals surface area contributed by atoms with Crippen molar-refractivity contribution in [3.05, 3.63) is 48.0 Å². The van der Waals surface area contributed by atoms with Gasteiger partial charge in [0.05, 0.1) is 12.5 Å². The predicted octanol–water partition coefficient (Wildman–Crippen LogP) is 2.32. The van der Waals surface area contributed by atoms with Crippen LogP contribution in [0.5, 0.6) is 11.5 Å². The molecule has 0 aliphatic carbocycles. The van der Waals surface area contributed by atoms with Crippen LogP contribution in [0.4, 0.5) is 0 Å². The SMILES string of the molecule is CCCCN(CCCO)C(=O)CN1C[C@H](c2ccc3c(c2)OCO3)[C@@H](C(=O)O)[C@@H]1CCc1ncccn1. The molecule has 1 aromatic carbocycles. The molecule has 2 aliphatic heterocycles. The molecule has 2 N–H and O–H groups in total. The Labute approximate surface area is 217 Å². The Morgan fingerprint density at radius 2 is 1.89 bits per heavy atom. The van der Waals surface area contributed by atoms with Crippen LogP contribution < -0.4 is 9.47 Å². The molecule has 2 aromatic rings. The number of aliphatic hydroxyl groups excluding tert-OH is 1. The van der Waals surface area contributed by atoms with E-state index in [0.29, 0.717) is 56.2 Å². The molecule has 0 radical (unpaired) electrons. The number of carboxylic acids is 1. The second kappa shape index (κ2) is 12.8. The average Bonchev–Trinajstić information content (AvgIpc) is 3.52. The van der Waals surface area contributed by atoms with Crippen molar-refractivity contribution in [2.24, 2.45) is 5.92 Å². The summed E-state index contributed by atoms with van der Waals surface area (Å²) >= 11 is 0. The summed E-state index contributed by atoms with van der Waals surface area (Å²) < 4.78 is 11.0. The second-order valence-electron chi connectivity index (χ2n) is 9.60. The van der Waals surface area contributed by atoms with E-state index >= 15 is 0 Å². The van der Waals surface area contributed by atoms with Crippen molar-refractivity contribution in [3.63, 3.8) is 0 Å². The quantitative estimate of drug-likeness (QED) is 0.416. The van der Waals surface area contributed by atoms with Crippen molar-refractivity contribution in [2.75, 3.05) is 39.6 Å². The normalized spacial score (nSPS) is 20.8. The molecule has 1 saturated heterocycles. The molecule has 37 heavy (non-hydrogen) atoms. The number of hydrogen-bond donors (Lipinski definition) is 2. The fourth-order valence-corrected chi connectivity index (χ4v) is 5.32. The van der Waals surface area contributed by atoms with Gasteiger partial charge in [0.25, 0.3) is 0 Å². The van der Waals surface area contributed by atoms with Gasteiger partial charge in [-0.3, -0.25) is 14.5 Å². The number of benzene rings is 1. The first-order valence-electron chi connectivity index (χ1n) is 13.0. The molecule has 0 spiro atoms. The van der Waals surface area contributed by atoms with Gasteiger partial charge in [-0.1, -0.05) is 19.4 Å². The second-order valence-corrected chi connectivity index (χ2v) is 9.60. The third-order valence-corrected chi connectivity index (χ3v) is 7.20. The molecule has 10 heteroatoms. The smallest absolute Gasteiger partial charge is 0.308 e. The number of aliphatic carboxylic acids is 1. The van der Waals surface area contributed by atoms with E-state index in [1.807, 2.05) is 23.1 Å². The third kappa shape index (κ3) is 6.56. The highest BCUT2D eigenvalue weighted by Gasteiger charge is 2.47. The molecule has 1 fully saturated rings. The maximum atomic E-state index is 13.4. The molecule has 1 amide bonds. The van der Waals surface area contributed by atoms with Gasteiger partial charge in [-0.25, -0.2) is 9.97 Å². The van der Waals surface area contributed by atoms with E-state index < -0.39 is 11.9 Å². The molecule has 10 nitrogen and oxygen atoms in total. The van der Waals surface area contributed by atoms with Crippen LogP contribution in [-0.4, -0.2) is 87.5 Å². The maximum absolute atomic E-state index is 13.4. The number of unbranched alkanes of at least 4 members (excludes halogenated alkanes) is 1. The molecule has 2 aliphatic rings. The number of hydrogen-bond acceptors (Lipinski definition) is 8. The largest absolute Gasteiger partial charge is 0.481 e. The number of aliphatic hydroxyl groups is 1. The van der Waals surface area contributed by atoms with Gasteiger partial charge >= 0.3 is 5.97 Å². The lowest BCUT2D eigenvalue weighted by Crippen LogP contribution is -2.45. The van der Waals surface area contributed by atoms with Crippen molar-refractivity contribution >= 4 is 11.9 Å². The van der Waals surface area contributed by atoms with Crippen molar-refractivity contribution in [1.82, 2.24) is 19.8 Å². The Morgan fingerprint density at radius 3 is 2.62 bits per heavy atom. The summed E-state index contributed by atoms with van der Waals surface area (Å²) in [7, 11) is 0. The van der Waals surface area contributed by atoms with Crippen LogP contribution >= 0.6 is 0 Å². The zero-order valence-corrected chi connectivity index (χ0v) is 21.3. The van der Waals surface area contributed by atoms with Crippen LogP contribution in [0.3, 0.4) is 0 Å². The topological polar surface area (TPSA) is 125 Å². The van der Waals surface area contributed by atoms with Crippen molar-refractivity contribution in [1.29, 1.82) is 0 Å². The van der Waals surface area contributed by atoms with Gasteiger partial charge < -0.3 is 24.6 Å². The predicted molar refractivity (Wildman–Crippen MR) is 135 cm³/mol. The number of fused-ring (bicyclic) bond motifs is 1. The number of ether oxygens (including phenoxy) is 2. The standard InChI is InChI=1S/C27H36N4O6/c1-2-3-12-30(13-5-14-32)25(33)17-31-16-20(19-6-8-22-23(15-19)37-18-36-22)26(27(34)35)21(31)7-9-24-28-10-4-11-29-24/h4,6,8,10-11,15,20-21,26,32H,2-3,5,7,9,12-14,16-18H2,1H3,(H,34,35)/t20-,21+,26-/m1/s1. The van der Waals surface area contributed by atoms with Crippen LogP contribution in [0.25, 0.3) is 0 Å². The summed E-state index contributed by atoms with van der Waals surface area (Å²) in [6.07, 6.45) is 6.73. The molecule has 0 unspecified atom stereocenters. The zero-order valence-electron chi connectivity index (χ0n) is 21.3. The average molecular weight is 513 g/mol. The number of rotatable bonds is 13. The number of aromatic nitrogens is 2. The zero-order chi connectivity index (χ0) is 26.2. The van der Waals surface area contributed by atoms with Crippen molar-refractivity contribution < 1.29 is 29.3 Å². The number of likely N-dealkylation sites (tertiary alicyclic amines) is 1. The van der Waals surface area contributed by atoms with Gasteiger partial charge in [0.1, 0.15) is 5.82 Å². The number of amides is 1. The van der Waals surface area contributed by atoms with Gasteiger partial charge in [-0.05, 0) is 43.0 Å². The number of carbonyl (C=O) groups is 2. The molecular weight excluding hydrogens is 476 g/mol. The highest BCUT2D eigenvalue weighted by Crippen LogP contribution is 2.42. The molecule has 3 heterocycles. The molecular formula is C27H36N4O6. The Morgan fingerprint density at radius 1 is 1.14 bits per heavy atom. The van der Waals surface area contributed by atoms with Crippen LogP contribution in [0, 0.1) is 5.92 Å². The van der Waals surface area contributed by atoms with Crippen molar-refractivity contribution in [2.45, 2.75) is 51.0 Å². The van der Waals surface area contributed by atoms with Crippen LogP contribution in [-0.2, 0) is 16.0 Å². The first-order chi connectivity index (χ1) is 18.0. The monoisotopic (exact) mass is 512 g/mol. The van der Waals surface area contributed by atoms with Crippen molar-refractivity contribution in [3.8, 4) is 11.5 Å². The Bertz CT molecular complexity index is 1040. The van der Waals surface area contributed by atoms with Gasteiger partial charge in [-0.15, -0.1) is 0 Å². The van der Waals surface area contributed by atoms with E-state index in [0.717, 1.165) is 18.4 Å². The van der Waals surface area contributed by atoms with E-state index in [9.17, 15) is 19.8 Å². The van der Waals surface area contributed by atoms with Gasteiger partial charge in [0.2, 0.25) is 12.7 Å². The Hall–Kier alpha value is -3.24. The number of carboxylic acid groups (broad SMARTS) is 1. The summed E-state index contributed by atoms with van der Waals surface area (Å²) in [5.41, 5.74) is 0.857. The lowest BCUT2D eigenvalue weighted by molar-refractivity contribution is -0.143. The van der Waals surface area contributed by atoms with Gasteiger partial charge in [0.15, 0.2) is 11.5 Å². The molecule has 3 atom stereocenters. The van der Waals surface area contributed by atoms with Gasteiger partial charge in [-0.2, -0.15) is 0 Å². The van der Waals surface area contributed by atoms with E-state index in [1.54, 1.807) is 23.4 Å². The third-order valence-electron chi connectivity index (χ3n) is 7.20. The van der Waals surface area contributed by atoms with E-state index in [1.165, 1.54) is 0 Å². The summed E-state index contributed by atoms with van der Waals surface area (Å²) in [5.74, 6) is -0.0505. The lowest BCUT2D eigenvalue weighted by Gasteiger charge is -2.29. The highest BCUT2D eigenvalue weighted by molar-refractivity contribution is 5.79. The molecule has 200 valence electrons. The minimum atomic E-state index is -0.889. The van der Waals surface area contributed by atoms with E-state index in [2.05, 4.69) is 16.9 Å². The summed E-state index contributed by atoms with van der Waals surface area (Å²) in [6.45, 7) is 3.91. The molecule has 0 bridgehead atoms. The lowest BCUT2D eigenvalue weighted by atomic mass is 9.83. The first kappa shape index (κ1) is 26.8. The molecule has 4 rings (SSSR count). The molecule has 1 aromatic heterocycles. The minimum absolute atomic E-state index is 0.0204. The summed E-state index contributed by atoms with van der Waals surface area (Å²) in [4.78, 5) is 38.5. The minimum Gasteiger partial charge on any atom is -0.481 e. The number of carbonyl (C=O) groups excluding carboxylic acids is 1. The number of nitrogens with zero attached hydrogens (tertiary/aromatic N) is 4. The maximum Gasteiger partial charge on any atom is 0.308 e. The Kier molecular flexibility index (Phi) is 9.29. The van der Waals surface area contributed by atoms with Gasteiger partial charge in [0, 0.05) is 57.0 Å². The fourth-order valence-electron chi connectivity index (χ4n) is 5.32. The fraction of sp³-hybridized carbons (Fsp3) is 0.556. The Balaban J connectivity index is 1.59.